The molecule has 0 amide bonds. The minimum absolute atomic E-state index is 0.0184. The number of hydrogen-bond donors (Lipinski definition) is 0. The Hall–Kier alpha value is -18.5. The summed E-state index contributed by atoms with van der Waals surface area (Å²) >= 11 is 0. The van der Waals surface area contributed by atoms with Gasteiger partial charge in [-0.1, -0.05) is 279 Å². The van der Waals surface area contributed by atoms with Gasteiger partial charge in [0.05, 0.1) is 44.2 Å². The van der Waals surface area contributed by atoms with E-state index >= 15 is 13.2 Å². The maximum atomic E-state index is 16.5. The molecule has 0 spiro atoms. The molecule has 26 aromatic rings. The van der Waals surface area contributed by atoms with Gasteiger partial charge in [0.25, 0.3) is 0 Å². The second-order valence-corrected chi connectivity index (χ2v) is 39.9. The van der Waals surface area contributed by atoms with Crippen LogP contribution in [0, 0.1) is 27.7 Å². The lowest BCUT2D eigenvalue weighted by molar-refractivity contribution is -0.138. The van der Waals surface area contributed by atoms with Gasteiger partial charge in [-0.05, 0) is 331 Å². The standard InChI is InChI=1S/C133H88F6N10/c1-77-62-78(2)65-93(64-77)127-141-128(94-66-79(3)63-80(4)67-94)145-130(144-127)149-120-57-44-86(70-112(120)113-72-88(46-59-121(113)149)90-39-54-106-105-32-20-21-33-115(105)131(5,6)117(106)76-90)85-38-52-103-101-30-18-19-31-102(101)109-74-91(40-53-104(109)108(103)68-85)107-75-92(41-55-116(107)133(137,138)139)126-140-125(83-34-48-95(49-35-83)132(134,135)136)142-129(143-126)148-118-56-43-84(81-36-50-99(51-37-81)146(96-23-10-7-11-24-96)97-25-12-8-13-26-97)69-110(118)111-71-87(45-58-119(111)148)89-47-60-122-114(73-89)124-100-29-17-16-22-82(100)42-61-123(124)147(122)98-27-14-9-15-28-98/h7-76H,1-6H3. The van der Waals surface area contributed by atoms with E-state index in [1.165, 1.54) is 46.5 Å². The summed E-state index contributed by atoms with van der Waals surface area (Å²) in [5.74, 6) is 1.57. The van der Waals surface area contributed by atoms with Crippen LogP contribution in [0.5, 0.6) is 0 Å². The summed E-state index contributed by atoms with van der Waals surface area (Å²) in [5.41, 5.74) is 26.5. The minimum atomic E-state index is -4.88. The van der Waals surface area contributed by atoms with Crippen LogP contribution >= 0.6 is 0 Å². The van der Waals surface area contributed by atoms with Crippen LogP contribution in [-0.2, 0) is 17.8 Å². The molecule has 0 N–H and O–H groups in total. The van der Waals surface area contributed by atoms with Gasteiger partial charge in [-0.3, -0.25) is 9.13 Å². The number of fused-ring (bicyclic) bond motifs is 20. The van der Waals surface area contributed by atoms with Gasteiger partial charge < -0.3 is 9.47 Å². The van der Waals surface area contributed by atoms with Gasteiger partial charge in [0, 0.05) is 82.7 Å². The molecule has 10 nitrogen and oxygen atoms in total. The molecule has 0 bridgehead atoms. The number of para-hydroxylation sites is 3. The van der Waals surface area contributed by atoms with E-state index < -0.39 is 23.5 Å². The number of alkyl halides is 6. The van der Waals surface area contributed by atoms with Crippen LogP contribution in [0.15, 0.2) is 425 Å². The summed E-state index contributed by atoms with van der Waals surface area (Å²) in [6, 6.07) is 141. The predicted molar refractivity (Wildman–Crippen MR) is 596 cm³/mol. The van der Waals surface area contributed by atoms with E-state index in [0.29, 0.717) is 34.0 Å². The average Bonchev–Trinajstić information content (AvgIpc) is 1.63. The molecule has 0 fully saturated rings. The van der Waals surface area contributed by atoms with Crippen molar-refractivity contribution in [3.63, 3.8) is 0 Å². The Morgan fingerprint density at radius 2 is 0.597 bits per heavy atom. The van der Waals surface area contributed by atoms with Crippen LogP contribution in [0.3, 0.4) is 0 Å². The zero-order valence-electron chi connectivity index (χ0n) is 81.7. The SMILES string of the molecule is Cc1cc(C)cc(-c2nc(-c3cc(C)cc(C)c3)nc(-n3c4ccc(-c5ccc6c(c5)C(C)(C)c5ccccc5-6)cc4c4cc(-c5ccc6c7ccccc7c7cc(-c8cc(-c9nc(-c%10ccc(C(F)(F)F)cc%10)nc(-n%10c%11ccc(-c%12ccc(N(c%13ccccc%13)c%13ccccc%13)cc%12)cc%11c%11cc(-c%12ccc%13c(c%12)c%12c%14ccccc%14ccc%12n%13-c%12ccccc%12)ccc%11%10)n9)ccc8C(F)(F)F)ccc7c6c5)ccc43)n2)c1. The number of hydrogen-bond acceptors (Lipinski definition) is 7. The van der Waals surface area contributed by atoms with Gasteiger partial charge in [0.15, 0.2) is 23.3 Å². The topological polar surface area (TPSA) is 95.4 Å². The van der Waals surface area contributed by atoms with Crippen molar-refractivity contribution < 1.29 is 26.3 Å². The molecule has 712 valence electrons. The molecule has 27 rings (SSSR count). The van der Waals surface area contributed by atoms with Crippen LogP contribution in [0.2, 0.25) is 0 Å². The summed E-state index contributed by atoms with van der Waals surface area (Å²) < 4.78 is 99.8. The number of anilines is 3. The fourth-order valence-electron chi connectivity index (χ4n) is 23.2. The number of aromatic nitrogens is 9. The third kappa shape index (κ3) is 15.2. The first-order chi connectivity index (χ1) is 72.4. The number of aryl methyl sites for hydroxylation is 4. The number of halogens is 6. The van der Waals surface area contributed by atoms with Crippen molar-refractivity contribution in [3.8, 4) is 130 Å². The molecule has 0 saturated heterocycles. The lowest BCUT2D eigenvalue weighted by Gasteiger charge is -2.25. The lowest BCUT2D eigenvalue weighted by Crippen LogP contribution is -2.14. The predicted octanol–water partition coefficient (Wildman–Crippen LogP) is 36.0. The molecule has 0 radical (unpaired) electrons. The molecule has 5 heterocycles. The fraction of sp³-hybridized carbons (Fsp3) is 0.0677. The van der Waals surface area contributed by atoms with Crippen LogP contribution in [0.4, 0.5) is 43.4 Å². The van der Waals surface area contributed by atoms with E-state index in [1.807, 2.05) is 95.6 Å². The van der Waals surface area contributed by atoms with E-state index in [1.54, 1.807) is 6.07 Å². The lowest BCUT2D eigenvalue weighted by atomic mass is 9.81. The Morgan fingerprint density at radius 3 is 1.13 bits per heavy atom. The normalized spacial score (nSPS) is 12.6. The quantitative estimate of drug-likeness (QED) is 0.0745. The van der Waals surface area contributed by atoms with Crippen LogP contribution in [-0.4, -0.2) is 43.6 Å². The van der Waals surface area contributed by atoms with Gasteiger partial charge >= 0.3 is 12.4 Å². The second-order valence-electron chi connectivity index (χ2n) is 39.9. The van der Waals surface area contributed by atoms with Crippen molar-refractivity contribution in [2.24, 2.45) is 0 Å². The Bertz CT molecular complexity index is 9930. The highest BCUT2D eigenvalue weighted by Crippen LogP contribution is 2.53. The summed E-state index contributed by atoms with van der Waals surface area (Å²) in [5, 5.41) is 13.1. The van der Waals surface area contributed by atoms with Gasteiger partial charge in [0.1, 0.15) is 0 Å². The Balaban J connectivity index is 0.615. The van der Waals surface area contributed by atoms with E-state index in [2.05, 4.69) is 341 Å². The molecular weight excluding hydrogens is 1850 g/mol. The van der Waals surface area contributed by atoms with Gasteiger partial charge in [0.2, 0.25) is 11.9 Å². The van der Waals surface area contributed by atoms with Crippen LogP contribution in [0.25, 0.3) is 238 Å². The third-order valence-corrected chi connectivity index (χ3v) is 30.1. The van der Waals surface area contributed by atoms with Gasteiger partial charge in [-0.15, -0.1) is 0 Å². The van der Waals surface area contributed by atoms with Crippen molar-refractivity contribution in [3.05, 3.63) is 469 Å². The van der Waals surface area contributed by atoms with Crippen LogP contribution in [0.1, 0.15) is 58.4 Å². The average molecular weight is 1940 g/mol. The molecular formula is C133H88F6N10. The molecule has 5 aromatic heterocycles. The van der Waals surface area contributed by atoms with Crippen LogP contribution < -0.4 is 4.90 Å². The van der Waals surface area contributed by atoms with Crippen molar-refractivity contribution in [1.29, 1.82) is 0 Å². The van der Waals surface area contributed by atoms with E-state index in [4.69, 9.17) is 29.9 Å². The molecule has 1 aliphatic rings. The highest BCUT2D eigenvalue weighted by atomic mass is 19.4. The molecule has 16 heteroatoms. The summed E-state index contributed by atoms with van der Waals surface area (Å²) in [6.07, 6.45) is -9.57. The molecule has 0 atom stereocenters. The first-order valence-corrected chi connectivity index (χ1v) is 49.9. The monoisotopic (exact) mass is 1940 g/mol. The first kappa shape index (κ1) is 89.3. The Morgan fingerprint density at radius 1 is 0.228 bits per heavy atom. The second kappa shape index (κ2) is 34.3. The Kier molecular flexibility index (Phi) is 20.6. The highest BCUT2D eigenvalue weighted by Gasteiger charge is 2.38. The van der Waals surface area contributed by atoms with Crippen molar-refractivity contribution in [1.82, 2.24) is 43.6 Å². The van der Waals surface area contributed by atoms with Crippen molar-refractivity contribution in [2.75, 3.05) is 4.90 Å². The zero-order valence-corrected chi connectivity index (χ0v) is 81.7. The van der Waals surface area contributed by atoms with Crippen molar-refractivity contribution in [2.45, 2.75) is 59.3 Å². The maximum Gasteiger partial charge on any atom is 0.417 e. The highest BCUT2D eigenvalue weighted by molar-refractivity contribution is 6.27. The minimum Gasteiger partial charge on any atom is -0.311 e. The van der Waals surface area contributed by atoms with E-state index in [9.17, 15) is 13.2 Å². The smallest absolute Gasteiger partial charge is 0.311 e. The molecule has 149 heavy (non-hydrogen) atoms. The number of nitrogens with zero attached hydrogens (tertiary/aromatic N) is 10. The van der Waals surface area contributed by atoms with Crippen molar-refractivity contribution >= 4 is 126 Å². The Labute approximate surface area is 853 Å². The molecule has 1 aliphatic carbocycles. The number of benzene rings is 21. The first-order valence-electron chi connectivity index (χ1n) is 49.9. The number of rotatable bonds is 15. The molecule has 0 unspecified atom stereocenters. The maximum absolute atomic E-state index is 16.5. The zero-order chi connectivity index (χ0) is 101. The van der Waals surface area contributed by atoms with E-state index in [-0.39, 0.29) is 45.3 Å². The summed E-state index contributed by atoms with van der Waals surface area (Å²) in [7, 11) is 0. The molecule has 0 aliphatic heterocycles. The van der Waals surface area contributed by atoms with Gasteiger partial charge in [-0.25, -0.2) is 9.97 Å². The van der Waals surface area contributed by atoms with E-state index in [0.717, 1.165) is 211 Å². The summed E-state index contributed by atoms with van der Waals surface area (Å²) in [6.45, 7) is 13.0. The molecule has 21 aromatic carbocycles. The largest absolute Gasteiger partial charge is 0.417 e. The molecule has 0 saturated carbocycles. The van der Waals surface area contributed by atoms with Gasteiger partial charge in [-0.2, -0.15) is 46.3 Å². The third-order valence-electron chi connectivity index (χ3n) is 30.1. The fourth-order valence-corrected chi connectivity index (χ4v) is 23.2. The summed E-state index contributed by atoms with van der Waals surface area (Å²) in [4.78, 5) is 34.0.